The molecule has 0 amide bonds. The van der Waals surface area contributed by atoms with Crippen LogP contribution in [0.2, 0.25) is 0 Å². The van der Waals surface area contributed by atoms with E-state index in [1.54, 1.807) is 0 Å². The molecule has 254 valence electrons. The number of aliphatic hydroxyl groups is 2. The van der Waals surface area contributed by atoms with Crippen molar-refractivity contribution >= 4 is 40.4 Å². The van der Waals surface area contributed by atoms with Crippen LogP contribution in [0.3, 0.4) is 0 Å². The smallest absolute Gasteiger partial charge is 0.396 e. The number of aliphatic hydroxyl groups excluding tert-OH is 2. The second-order valence-corrected chi connectivity index (χ2v) is 15.2. The van der Waals surface area contributed by atoms with E-state index in [1.807, 2.05) is 0 Å². The van der Waals surface area contributed by atoms with Crippen LogP contribution in [0, 0.1) is 13.8 Å². The molecule has 10 rings (SSSR count). The van der Waals surface area contributed by atoms with Gasteiger partial charge in [0.25, 0.3) is 0 Å². The predicted molar refractivity (Wildman–Crippen MR) is 201 cm³/mol. The highest BCUT2D eigenvalue weighted by Gasteiger charge is 2.74. The zero-order valence-electron chi connectivity index (χ0n) is 30.4. The van der Waals surface area contributed by atoms with E-state index in [2.05, 4.69) is 108 Å². The predicted octanol–water partition coefficient (Wildman–Crippen LogP) is 4.28. The second-order valence-electron chi connectivity index (χ2n) is 15.2. The van der Waals surface area contributed by atoms with Gasteiger partial charge in [-0.05, 0) is 105 Å². The first-order chi connectivity index (χ1) is 24.4. The van der Waals surface area contributed by atoms with Crippen molar-refractivity contribution in [3.8, 4) is 0 Å². The summed E-state index contributed by atoms with van der Waals surface area (Å²) in [5.74, 6) is -0.717. The Kier molecular flexibility index (Phi) is 6.22. The molecule has 6 aliphatic rings. The minimum Gasteiger partial charge on any atom is -0.396 e. The molecule has 6 nitrogen and oxygen atoms in total. The molecule has 1 unspecified atom stereocenters. The first kappa shape index (κ1) is 30.6. The van der Waals surface area contributed by atoms with Crippen LogP contribution < -0.4 is 25.8 Å². The molecule has 6 aliphatic heterocycles. The first-order valence-corrected chi connectivity index (χ1v) is 19.2. The van der Waals surface area contributed by atoms with Crippen LogP contribution in [0.25, 0.3) is 34.7 Å². The zero-order chi connectivity index (χ0) is 34.4. The summed E-state index contributed by atoms with van der Waals surface area (Å²) in [6, 6.07) is 11.6. The Morgan fingerprint density at radius 2 is 1.46 bits per heavy atom. The second kappa shape index (κ2) is 10.2. The van der Waals surface area contributed by atoms with Crippen molar-refractivity contribution in [3.05, 3.63) is 108 Å². The van der Waals surface area contributed by atoms with Crippen molar-refractivity contribution in [2.24, 2.45) is 0 Å². The summed E-state index contributed by atoms with van der Waals surface area (Å²) >= 11 is 0. The molecule has 0 saturated heterocycles. The van der Waals surface area contributed by atoms with Crippen LogP contribution in [0.5, 0.6) is 0 Å². The lowest BCUT2D eigenvalue weighted by molar-refractivity contribution is -0.589. The number of rotatable bonds is 10. The average molecular weight is 665 g/mol. The molecule has 1 spiro atoms. The maximum atomic E-state index is 10.1. The van der Waals surface area contributed by atoms with Crippen LogP contribution in [-0.4, -0.2) is 42.8 Å². The summed E-state index contributed by atoms with van der Waals surface area (Å²) in [4.78, 5) is 0. The molecular weight excluding hydrogens is 617 g/mol. The van der Waals surface area contributed by atoms with Gasteiger partial charge in [0.1, 0.15) is 5.22 Å². The van der Waals surface area contributed by atoms with E-state index in [-0.39, 0.29) is 18.6 Å². The van der Waals surface area contributed by atoms with Gasteiger partial charge in [-0.3, -0.25) is 0 Å². The van der Waals surface area contributed by atoms with Crippen molar-refractivity contribution < 1.29 is 14.8 Å². The fraction of sp³-hybridized carbons (Fsp3) is 0.409. The number of benzene rings is 2. The number of fused-ring (bicyclic) bond motifs is 2. The van der Waals surface area contributed by atoms with Crippen molar-refractivity contribution in [3.63, 3.8) is 0 Å². The Balaban J connectivity index is 1.55. The molecular formula is C44H48N4O2+2. The monoisotopic (exact) mass is 664 g/mol. The first-order valence-electron chi connectivity index (χ1n) is 19.2. The normalized spacial score (nSPS) is 20.8. The maximum Gasteiger partial charge on any atom is 0.553 e. The van der Waals surface area contributed by atoms with Gasteiger partial charge in [-0.2, -0.15) is 9.13 Å². The number of allylic oxidation sites excluding steroid dienone is 2. The minimum atomic E-state index is -0.717. The minimum absolute atomic E-state index is 0.148. The summed E-state index contributed by atoms with van der Waals surface area (Å²) in [6.45, 7) is 14.5. The Hall–Kier alpha value is -4.26. The Bertz CT molecular complexity index is 2630. The van der Waals surface area contributed by atoms with E-state index in [0.29, 0.717) is 0 Å². The lowest BCUT2D eigenvalue weighted by Gasteiger charge is -2.39. The van der Waals surface area contributed by atoms with E-state index in [1.165, 1.54) is 99.5 Å². The molecule has 0 saturated carbocycles. The lowest BCUT2D eigenvalue weighted by atomic mass is 9.73. The van der Waals surface area contributed by atoms with Gasteiger partial charge in [-0.15, -0.1) is 0 Å². The van der Waals surface area contributed by atoms with E-state index in [4.69, 9.17) is 0 Å². The topological polar surface area (TPSA) is 56.3 Å². The lowest BCUT2D eigenvalue weighted by Crippen LogP contribution is -2.74. The molecule has 1 atom stereocenters. The van der Waals surface area contributed by atoms with Gasteiger partial charge in [-0.25, -0.2) is 0 Å². The van der Waals surface area contributed by atoms with Gasteiger partial charge in [0.2, 0.25) is 22.5 Å². The average Bonchev–Trinajstić information content (AvgIpc) is 3.80. The number of hydrogen-bond acceptors (Lipinski definition) is 2. The number of aromatic nitrogens is 2. The molecule has 0 radical (unpaired) electrons. The quantitative estimate of drug-likeness (QED) is 0.249. The highest BCUT2D eigenvalue weighted by atomic mass is 16.3. The van der Waals surface area contributed by atoms with Gasteiger partial charge < -0.3 is 10.2 Å². The van der Waals surface area contributed by atoms with E-state index in [0.717, 1.165) is 51.4 Å². The van der Waals surface area contributed by atoms with Gasteiger partial charge >= 0.3 is 5.91 Å². The van der Waals surface area contributed by atoms with Crippen molar-refractivity contribution in [2.75, 3.05) is 13.2 Å². The van der Waals surface area contributed by atoms with E-state index >= 15 is 0 Å². The summed E-state index contributed by atoms with van der Waals surface area (Å²) in [5, 5.41) is 28.2. The van der Waals surface area contributed by atoms with E-state index in [9.17, 15) is 10.2 Å². The Morgan fingerprint density at radius 1 is 0.740 bits per heavy atom. The van der Waals surface area contributed by atoms with Crippen molar-refractivity contribution in [2.45, 2.75) is 104 Å². The van der Waals surface area contributed by atoms with Crippen LogP contribution in [-0.2, 0) is 24.2 Å². The summed E-state index contributed by atoms with van der Waals surface area (Å²) in [7, 11) is 0. The van der Waals surface area contributed by atoms with Crippen molar-refractivity contribution in [1.29, 1.82) is 0 Å². The zero-order valence-corrected chi connectivity index (χ0v) is 30.4. The highest BCUT2D eigenvalue weighted by Crippen LogP contribution is 2.53. The van der Waals surface area contributed by atoms with E-state index < -0.39 is 5.91 Å². The van der Waals surface area contributed by atoms with Crippen LogP contribution in [0.4, 0.5) is 0 Å². The van der Waals surface area contributed by atoms with Gasteiger partial charge in [0.15, 0.2) is 0 Å². The van der Waals surface area contributed by atoms with Crippen LogP contribution in [0.1, 0.15) is 105 Å². The molecule has 0 fully saturated rings. The third-order valence-corrected chi connectivity index (χ3v) is 13.5. The molecule has 6 heteroatoms. The fourth-order valence-corrected chi connectivity index (χ4v) is 11.3. The van der Waals surface area contributed by atoms with Gasteiger partial charge in [0, 0.05) is 47.5 Å². The molecule has 2 N–H and O–H groups in total. The summed E-state index contributed by atoms with van der Waals surface area (Å²) in [6.07, 6.45) is 14.6. The third kappa shape index (κ3) is 3.09. The van der Waals surface area contributed by atoms with Gasteiger partial charge in [-0.1, -0.05) is 61.1 Å². The summed E-state index contributed by atoms with van der Waals surface area (Å²) < 4.78 is 11.0. The Morgan fingerprint density at radius 3 is 2.16 bits per heavy atom. The summed E-state index contributed by atoms with van der Waals surface area (Å²) in [5.41, 5.74) is 16.3. The number of nitrogens with zero attached hydrogens (tertiary/aromatic N) is 4. The standard InChI is InChI=1S/C44H48N4O2/c1-7-28-29(8-2)41-40-32-16-12-11-15-27(32)21-33-42(40)48-39(43(33,9-3)10-4)24-35-26(6)31(18-14-20-50)38-23-37-30(17-13-19-49)25(5)34-22-36(28)47(41)44(48,45(34)37)46(35)38/h11-12,15-16,21-24,49-50H,7-10,13-14,17-20H2,1-6H3/q+2. The molecule has 2 aromatic carbocycles. The molecule has 0 aliphatic carbocycles. The molecule has 4 aromatic rings. The molecule has 50 heavy (non-hydrogen) atoms. The van der Waals surface area contributed by atoms with Gasteiger partial charge in [0.05, 0.1) is 27.5 Å². The maximum absolute atomic E-state index is 10.1. The third-order valence-electron chi connectivity index (χ3n) is 13.5. The van der Waals surface area contributed by atoms with Crippen LogP contribution in [0.15, 0.2) is 47.2 Å². The van der Waals surface area contributed by atoms with Crippen molar-refractivity contribution in [1.82, 2.24) is 13.7 Å². The largest absolute Gasteiger partial charge is 0.553 e. The highest BCUT2D eigenvalue weighted by molar-refractivity contribution is 6.22. The SMILES string of the molecule is CCC1=C(CC)C2=[N+]3C1=c1c4c(cc5ccccc15)C(CC)(CC)C1=Cc5c(C)c(CCCO)c6n5C3(n3c(c(C)c(CCCO)c3=C6)=C2)[N+]=41. The van der Waals surface area contributed by atoms with Crippen LogP contribution >= 0.6 is 0 Å². The number of hydrogen-bond donors (Lipinski definition) is 2. The Labute approximate surface area is 293 Å². The molecule has 2 aromatic heterocycles. The molecule has 8 heterocycles. The fourth-order valence-electron chi connectivity index (χ4n) is 11.3. The molecule has 0 bridgehead atoms.